The number of aromatic nitrogens is 2. The highest BCUT2D eigenvalue weighted by Crippen LogP contribution is 2.07. The highest BCUT2D eigenvalue weighted by Gasteiger charge is 2.02. The van der Waals surface area contributed by atoms with Crippen molar-refractivity contribution in [1.29, 1.82) is 0 Å². The molecule has 0 radical (unpaired) electrons. The molecule has 0 unspecified atom stereocenters. The molecule has 0 aliphatic rings. The predicted octanol–water partition coefficient (Wildman–Crippen LogP) is 3.17. The molecule has 1 N–H and O–H groups in total. The minimum absolute atomic E-state index is 0.00620. The quantitative estimate of drug-likeness (QED) is 0.704. The van der Waals surface area contributed by atoms with Crippen molar-refractivity contribution in [1.82, 2.24) is 9.97 Å². The largest absolute Gasteiger partial charge is 0.295 e. The van der Waals surface area contributed by atoms with E-state index in [4.69, 9.17) is 0 Å². The van der Waals surface area contributed by atoms with E-state index in [-0.39, 0.29) is 5.91 Å². The van der Waals surface area contributed by atoms with Crippen molar-refractivity contribution in [3.05, 3.63) is 18.5 Å². The van der Waals surface area contributed by atoms with Gasteiger partial charge in [0, 0.05) is 18.8 Å². The summed E-state index contributed by atoms with van der Waals surface area (Å²) in [6.07, 6.45) is 10.9. The van der Waals surface area contributed by atoms with Crippen LogP contribution in [0.5, 0.6) is 0 Å². The summed E-state index contributed by atoms with van der Waals surface area (Å²) in [7, 11) is 0. The Bertz CT molecular complexity index is 314. The molecule has 1 amide bonds. The first-order chi connectivity index (χ1) is 8.33. The lowest BCUT2D eigenvalue weighted by Gasteiger charge is -2.03. The molecule has 4 nitrogen and oxygen atoms in total. The van der Waals surface area contributed by atoms with Gasteiger partial charge in [0.15, 0.2) is 0 Å². The van der Waals surface area contributed by atoms with Gasteiger partial charge >= 0.3 is 0 Å². The maximum atomic E-state index is 11.5. The fraction of sp³-hybridized carbons (Fsp3) is 0.615. The van der Waals surface area contributed by atoms with E-state index in [1.807, 2.05) is 0 Å². The number of nitrogens with one attached hydrogen (secondary N) is 1. The van der Waals surface area contributed by atoms with E-state index in [0.29, 0.717) is 12.4 Å². The first-order valence-corrected chi connectivity index (χ1v) is 6.40. The van der Waals surface area contributed by atoms with E-state index >= 15 is 0 Å². The Morgan fingerprint density at radius 3 is 2.47 bits per heavy atom. The van der Waals surface area contributed by atoms with Crippen molar-refractivity contribution < 1.29 is 4.79 Å². The molecule has 0 spiro atoms. The molecule has 0 aromatic carbocycles. The number of nitrogens with zero attached hydrogens (tertiary/aromatic N) is 2. The molecule has 4 heteroatoms. The minimum atomic E-state index is 0.00620. The molecule has 17 heavy (non-hydrogen) atoms. The van der Waals surface area contributed by atoms with Crippen molar-refractivity contribution in [3.63, 3.8) is 0 Å². The van der Waals surface area contributed by atoms with E-state index in [1.54, 1.807) is 18.5 Å². The molecular weight excluding hydrogens is 214 g/mol. The van der Waals surface area contributed by atoms with Gasteiger partial charge in [-0.1, -0.05) is 39.0 Å². The second-order valence-corrected chi connectivity index (χ2v) is 4.14. The topological polar surface area (TPSA) is 54.9 Å². The van der Waals surface area contributed by atoms with Crippen LogP contribution in [0.25, 0.3) is 0 Å². The Balaban J connectivity index is 2.06. The van der Waals surface area contributed by atoms with Crippen LogP contribution >= 0.6 is 0 Å². The molecule has 94 valence electrons. The van der Waals surface area contributed by atoms with Crippen molar-refractivity contribution in [3.8, 4) is 0 Å². The van der Waals surface area contributed by atoms with Gasteiger partial charge in [0.1, 0.15) is 0 Å². The van der Waals surface area contributed by atoms with Gasteiger partial charge in [-0.25, -0.2) is 9.97 Å². The zero-order valence-electron chi connectivity index (χ0n) is 10.5. The second kappa shape index (κ2) is 8.67. The molecule has 0 atom stereocenters. The van der Waals surface area contributed by atoms with Gasteiger partial charge in [-0.05, 0) is 12.5 Å². The summed E-state index contributed by atoms with van der Waals surface area (Å²) < 4.78 is 0. The Labute approximate surface area is 103 Å². The smallest absolute Gasteiger partial charge is 0.229 e. The van der Waals surface area contributed by atoms with E-state index < -0.39 is 0 Å². The fourth-order valence-electron chi connectivity index (χ4n) is 1.62. The highest BCUT2D eigenvalue weighted by atomic mass is 16.1. The molecule has 0 aliphatic heterocycles. The number of unbranched alkanes of at least 4 members (excludes halogenated alkanes) is 5. The normalized spacial score (nSPS) is 10.2. The number of carbonyl (C=O) groups excluding carboxylic acids is 1. The zero-order chi connectivity index (χ0) is 12.3. The lowest BCUT2D eigenvalue weighted by atomic mass is 10.1. The predicted molar refractivity (Wildman–Crippen MR) is 68.7 cm³/mol. The van der Waals surface area contributed by atoms with Crippen LogP contribution in [-0.4, -0.2) is 15.9 Å². The molecule has 0 aliphatic carbocycles. The third kappa shape index (κ3) is 6.66. The summed E-state index contributed by atoms with van der Waals surface area (Å²) in [5, 5.41) is 2.68. The number of amides is 1. The molecule has 0 bridgehead atoms. The summed E-state index contributed by atoms with van der Waals surface area (Å²) in [5.74, 6) is 0.398. The SMILES string of the molecule is CCCCCCCCC(=O)Nc1ncccn1. The maximum Gasteiger partial charge on any atom is 0.229 e. The fourth-order valence-corrected chi connectivity index (χ4v) is 1.62. The molecular formula is C13H21N3O. The van der Waals surface area contributed by atoms with Crippen molar-refractivity contribution >= 4 is 11.9 Å². The molecule has 0 saturated heterocycles. The number of rotatable bonds is 8. The van der Waals surface area contributed by atoms with Crippen molar-refractivity contribution in [2.24, 2.45) is 0 Å². The van der Waals surface area contributed by atoms with E-state index in [2.05, 4.69) is 22.2 Å². The number of hydrogen-bond acceptors (Lipinski definition) is 3. The highest BCUT2D eigenvalue weighted by molar-refractivity contribution is 5.88. The van der Waals surface area contributed by atoms with E-state index in [9.17, 15) is 4.79 Å². The van der Waals surface area contributed by atoms with E-state index in [1.165, 1.54) is 25.7 Å². The summed E-state index contributed by atoms with van der Waals surface area (Å²) in [6, 6.07) is 1.73. The average molecular weight is 235 g/mol. The van der Waals surface area contributed by atoms with Crippen LogP contribution in [0.15, 0.2) is 18.5 Å². The van der Waals surface area contributed by atoms with Gasteiger partial charge in [0.2, 0.25) is 11.9 Å². The van der Waals surface area contributed by atoms with Gasteiger partial charge in [0.25, 0.3) is 0 Å². The lowest BCUT2D eigenvalue weighted by Crippen LogP contribution is -2.13. The molecule has 1 rings (SSSR count). The van der Waals surface area contributed by atoms with Crippen LogP contribution in [0.2, 0.25) is 0 Å². The average Bonchev–Trinajstić information content (AvgIpc) is 2.35. The monoisotopic (exact) mass is 235 g/mol. The van der Waals surface area contributed by atoms with Gasteiger partial charge < -0.3 is 0 Å². The second-order valence-electron chi connectivity index (χ2n) is 4.14. The van der Waals surface area contributed by atoms with Gasteiger partial charge in [0.05, 0.1) is 0 Å². The number of hydrogen-bond donors (Lipinski definition) is 1. The standard InChI is InChI=1S/C13H21N3O/c1-2-3-4-5-6-7-9-12(17)16-13-14-10-8-11-15-13/h8,10-11H,2-7,9H2,1H3,(H,14,15,16,17). The molecule has 0 fully saturated rings. The minimum Gasteiger partial charge on any atom is -0.295 e. The summed E-state index contributed by atoms with van der Waals surface area (Å²) in [4.78, 5) is 19.4. The molecule has 1 heterocycles. The van der Waals surface area contributed by atoms with Crippen LogP contribution in [-0.2, 0) is 4.79 Å². The first-order valence-electron chi connectivity index (χ1n) is 6.40. The Morgan fingerprint density at radius 1 is 1.12 bits per heavy atom. The van der Waals surface area contributed by atoms with Gasteiger partial charge in [-0.3, -0.25) is 10.1 Å². The van der Waals surface area contributed by atoms with Crippen molar-refractivity contribution in [2.45, 2.75) is 51.9 Å². The molecule has 1 aromatic rings. The van der Waals surface area contributed by atoms with Gasteiger partial charge in [-0.15, -0.1) is 0 Å². The van der Waals surface area contributed by atoms with Gasteiger partial charge in [-0.2, -0.15) is 0 Å². The van der Waals surface area contributed by atoms with Crippen LogP contribution in [0.3, 0.4) is 0 Å². The maximum absolute atomic E-state index is 11.5. The number of anilines is 1. The molecule has 1 aromatic heterocycles. The van der Waals surface area contributed by atoms with Crippen LogP contribution in [0.4, 0.5) is 5.95 Å². The third-order valence-electron chi connectivity index (χ3n) is 2.57. The third-order valence-corrected chi connectivity index (χ3v) is 2.57. The summed E-state index contributed by atoms with van der Waals surface area (Å²) in [5.41, 5.74) is 0. The summed E-state index contributed by atoms with van der Waals surface area (Å²) in [6.45, 7) is 2.20. The van der Waals surface area contributed by atoms with Crippen LogP contribution < -0.4 is 5.32 Å². The Hall–Kier alpha value is -1.45. The summed E-state index contributed by atoms with van der Waals surface area (Å²) >= 11 is 0. The number of carbonyl (C=O) groups is 1. The Morgan fingerprint density at radius 2 is 1.76 bits per heavy atom. The Kier molecular flexibility index (Phi) is 6.95. The van der Waals surface area contributed by atoms with Crippen LogP contribution in [0.1, 0.15) is 51.9 Å². The van der Waals surface area contributed by atoms with E-state index in [0.717, 1.165) is 12.8 Å². The first kappa shape index (κ1) is 13.6. The van der Waals surface area contributed by atoms with Crippen LogP contribution in [0, 0.1) is 0 Å². The molecule has 0 saturated carbocycles. The lowest BCUT2D eigenvalue weighted by molar-refractivity contribution is -0.116. The van der Waals surface area contributed by atoms with Crippen molar-refractivity contribution in [2.75, 3.05) is 5.32 Å². The zero-order valence-corrected chi connectivity index (χ0v) is 10.5.